The third kappa shape index (κ3) is 5.30. The Kier molecular flexibility index (Phi) is 6.21. The zero-order valence-electron chi connectivity index (χ0n) is 13.5. The van der Waals surface area contributed by atoms with Crippen LogP contribution >= 0.6 is 11.8 Å². The fraction of sp³-hybridized carbons (Fsp3) is 0.118. The van der Waals surface area contributed by atoms with Crippen LogP contribution in [0.4, 0.5) is 17.6 Å². The van der Waals surface area contributed by atoms with E-state index >= 15 is 0 Å². The fourth-order valence-corrected chi connectivity index (χ4v) is 2.99. The minimum atomic E-state index is -4.85. The minimum Gasteiger partial charge on any atom is -0.368 e. The van der Waals surface area contributed by atoms with Crippen molar-refractivity contribution in [1.82, 2.24) is 5.32 Å². The first-order chi connectivity index (χ1) is 12.6. The Hall–Kier alpha value is -2.88. The first-order valence-corrected chi connectivity index (χ1v) is 8.15. The molecule has 0 aromatic heterocycles. The molecule has 0 unspecified atom stereocenters. The van der Waals surface area contributed by atoms with Gasteiger partial charge < -0.3 is 11.1 Å². The second-order valence-electron chi connectivity index (χ2n) is 5.22. The number of hydrogen-bond donors (Lipinski definition) is 2. The molecule has 0 spiro atoms. The van der Waals surface area contributed by atoms with Crippen LogP contribution in [-0.4, -0.2) is 23.5 Å². The first kappa shape index (κ1) is 20.4. The third-order valence-electron chi connectivity index (χ3n) is 3.26. The fourth-order valence-electron chi connectivity index (χ4n) is 2.09. The van der Waals surface area contributed by atoms with Crippen LogP contribution in [0.25, 0.3) is 0 Å². The predicted octanol–water partition coefficient (Wildman–Crippen LogP) is 2.99. The average Bonchev–Trinajstić information content (AvgIpc) is 2.59. The number of thioether (sulfide) groups is 1. The molecule has 2 aromatic carbocycles. The van der Waals surface area contributed by atoms with Crippen molar-refractivity contribution in [1.29, 1.82) is 0 Å². The molecular weight excluding hydrogens is 388 g/mol. The summed E-state index contributed by atoms with van der Waals surface area (Å²) in [6, 6.07) is 7.18. The molecule has 5 nitrogen and oxygen atoms in total. The van der Waals surface area contributed by atoms with E-state index in [9.17, 15) is 31.9 Å². The van der Waals surface area contributed by atoms with Gasteiger partial charge in [0.2, 0.25) is 11.0 Å². The number of halogens is 4. The molecule has 0 saturated carbocycles. The van der Waals surface area contributed by atoms with Crippen molar-refractivity contribution in [3.63, 3.8) is 0 Å². The van der Waals surface area contributed by atoms with Crippen LogP contribution in [0.15, 0.2) is 47.4 Å². The zero-order valence-corrected chi connectivity index (χ0v) is 14.3. The number of nitrogens with two attached hydrogens (primary N) is 1. The normalized spacial score (nSPS) is 11.1. The topological polar surface area (TPSA) is 89.3 Å². The summed E-state index contributed by atoms with van der Waals surface area (Å²) in [5.41, 5.74) is 2.75. The Morgan fingerprint density at radius 3 is 2.33 bits per heavy atom. The molecule has 0 saturated heterocycles. The van der Waals surface area contributed by atoms with Crippen LogP contribution in [0, 0.1) is 5.82 Å². The van der Waals surface area contributed by atoms with Gasteiger partial charge in [0.15, 0.2) is 0 Å². The SMILES string of the molecule is NC(=O)CNC(=O)c1ccccc1SC(=O)c1cc(F)ccc1C(F)(F)F. The Balaban J connectivity index is 2.34. The van der Waals surface area contributed by atoms with E-state index in [0.717, 1.165) is 0 Å². The molecule has 0 bridgehead atoms. The van der Waals surface area contributed by atoms with Crippen LogP contribution < -0.4 is 11.1 Å². The number of alkyl halides is 3. The van der Waals surface area contributed by atoms with Gasteiger partial charge in [-0.25, -0.2) is 4.39 Å². The Labute approximate surface area is 154 Å². The lowest BCUT2D eigenvalue weighted by Gasteiger charge is -2.13. The highest BCUT2D eigenvalue weighted by Crippen LogP contribution is 2.35. The van der Waals surface area contributed by atoms with Crippen molar-refractivity contribution in [3.05, 3.63) is 65.0 Å². The average molecular weight is 400 g/mol. The molecule has 10 heteroatoms. The molecule has 0 atom stereocenters. The monoisotopic (exact) mass is 400 g/mol. The molecule has 2 aromatic rings. The highest BCUT2D eigenvalue weighted by molar-refractivity contribution is 8.14. The molecular formula is C17H12F4N2O3S. The number of carbonyl (C=O) groups is 3. The van der Waals surface area contributed by atoms with Crippen LogP contribution in [0.5, 0.6) is 0 Å². The molecule has 27 heavy (non-hydrogen) atoms. The van der Waals surface area contributed by atoms with Crippen molar-refractivity contribution in [2.75, 3.05) is 6.54 Å². The second-order valence-corrected chi connectivity index (χ2v) is 6.24. The smallest absolute Gasteiger partial charge is 0.368 e. The summed E-state index contributed by atoms with van der Waals surface area (Å²) >= 11 is 0.342. The molecule has 0 heterocycles. The van der Waals surface area contributed by atoms with Gasteiger partial charge in [0.05, 0.1) is 17.7 Å². The maximum Gasteiger partial charge on any atom is 0.417 e. The van der Waals surface area contributed by atoms with Gasteiger partial charge in [-0.1, -0.05) is 12.1 Å². The highest BCUT2D eigenvalue weighted by Gasteiger charge is 2.35. The molecule has 0 fully saturated rings. The number of rotatable bonds is 5. The number of hydrogen-bond acceptors (Lipinski definition) is 4. The first-order valence-electron chi connectivity index (χ1n) is 7.34. The number of amides is 2. The Bertz CT molecular complexity index is 900. The van der Waals surface area contributed by atoms with Gasteiger partial charge in [-0.2, -0.15) is 13.2 Å². The summed E-state index contributed by atoms with van der Waals surface area (Å²) in [6.45, 7) is -0.450. The van der Waals surface area contributed by atoms with Gasteiger partial charge in [-0.3, -0.25) is 14.4 Å². The lowest BCUT2D eigenvalue weighted by molar-refractivity contribution is -0.137. The van der Waals surface area contributed by atoms with Gasteiger partial charge >= 0.3 is 6.18 Å². The summed E-state index contributed by atoms with van der Waals surface area (Å²) in [5, 5.41) is 1.13. The molecule has 2 amide bonds. The molecule has 2 rings (SSSR count). The van der Waals surface area contributed by atoms with Crippen LogP contribution in [0.2, 0.25) is 0 Å². The number of carbonyl (C=O) groups excluding carboxylic acids is 3. The van der Waals surface area contributed by atoms with Crippen LogP contribution in [0.1, 0.15) is 26.3 Å². The van der Waals surface area contributed by atoms with E-state index in [1.807, 2.05) is 0 Å². The van der Waals surface area contributed by atoms with E-state index in [0.29, 0.717) is 30.0 Å². The van der Waals surface area contributed by atoms with E-state index in [4.69, 9.17) is 5.73 Å². The maximum atomic E-state index is 13.4. The van der Waals surface area contributed by atoms with Gasteiger partial charge in [-0.05, 0) is 42.1 Å². The van der Waals surface area contributed by atoms with Crippen molar-refractivity contribution in [2.24, 2.45) is 5.73 Å². The standard InChI is InChI=1S/C17H12F4N2O3S/c18-9-5-6-12(17(19,20)21)11(7-9)16(26)27-13-4-2-1-3-10(13)15(25)23-8-14(22)24/h1-7H,8H2,(H2,22,24)(H,23,25). The van der Waals surface area contributed by atoms with E-state index in [-0.39, 0.29) is 10.5 Å². The maximum absolute atomic E-state index is 13.4. The predicted molar refractivity (Wildman–Crippen MR) is 89.6 cm³/mol. The van der Waals surface area contributed by atoms with Crippen molar-refractivity contribution in [3.8, 4) is 0 Å². The van der Waals surface area contributed by atoms with E-state index in [1.165, 1.54) is 24.3 Å². The number of primary amides is 1. The van der Waals surface area contributed by atoms with Gasteiger partial charge in [0.25, 0.3) is 5.91 Å². The third-order valence-corrected chi connectivity index (χ3v) is 4.25. The summed E-state index contributed by atoms with van der Waals surface area (Å²) in [6.07, 6.45) is -4.85. The molecule has 0 aliphatic carbocycles. The zero-order chi connectivity index (χ0) is 20.2. The largest absolute Gasteiger partial charge is 0.417 e. The second kappa shape index (κ2) is 8.21. The summed E-state index contributed by atoms with van der Waals surface area (Å²) in [5.74, 6) is -2.53. The molecule has 3 N–H and O–H groups in total. The molecule has 0 aliphatic rings. The van der Waals surface area contributed by atoms with Gasteiger partial charge in [0, 0.05) is 10.5 Å². The quantitative estimate of drug-likeness (QED) is 0.597. The molecule has 0 aliphatic heterocycles. The molecule has 142 valence electrons. The highest BCUT2D eigenvalue weighted by atomic mass is 32.2. The number of benzene rings is 2. The van der Waals surface area contributed by atoms with Crippen molar-refractivity contribution in [2.45, 2.75) is 11.1 Å². The Morgan fingerprint density at radius 1 is 1.04 bits per heavy atom. The van der Waals surface area contributed by atoms with E-state index < -0.39 is 46.6 Å². The minimum absolute atomic E-state index is 0.0398. The van der Waals surface area contributed by atoms with Crippen LogP contribution in [0.3, 0.4) is 0 Å². The summed E-state index contributed by atoms with van der Waals surface area (Å²) in [4.78, 5) is 35.2. The molecule has 0 radical (unpaired) electrons. The van der Waals surface area contributed by atoms with Gasteiger partial charge in [-0.15, -0.1) is 0 Å². The summed E-state index contributed by atoms with van der Waals surface area (Å²) < 4.78 is 52.6. The van der Waals surface area contributed by atoms with Crippen LogP contribution in [-0.2, 0) is 11.0 Å². The number of nitrogens with one attached hydrogen (secondary N) is 1. The van der Waals surface area contributed by atoms with E-state index in [1.54, 1.807) is 0 Å². The van der Waals surface area contributed by atoms with Crippen molar-refractivity contribution >= 4 is 28.7 Å². The van der Waals surface area contributed by atoms with E-state index in [2.05, 4.69) is 5.32 Å². The Morgan fingerprint density at radius 2 is 1.70 bits per heavy atom. The lowest BCUT2D eigenvalue weighted by Crippen LogP contribution is -2.33. The summed E-state index contributed by atoms with van der Waals surface area (Å²) in [7, 11) is 0. The van der Waals surface area contributed by atoms with Gasteiger partial charge in [0.1, 0.15) is 5.82 Å². The lowest BCUT2D eigenvalue weighted by atomic mass is 10.1. The van der Waals surface area contributed by atoms with Crippen molar-refractivity contribution < 1.29 is 31.9 Å².